The number of rotatable bonds is 9. The quantitative estimate of drug-likeness (QED) is 0.421. The van der Waals surface area contributed by atoms with Gasteiger partial charge in [0.15, 0.2) is 22.6 Å². The summed E-state index contributed by atoms with van der Waals surface area (Å²) in [7, 11) is 0. The first-order valence-corrected chi connectivity index (χ1v) is 9.64. The average Bonchev–Trinajstić information content (AvgIpc) is 3.10. The van der Waals surface area contributed by atoms with Crippen LogP contribution in [0.15, 0.2) is 66.3 Å². The second-order valence-corrected chi connectivity index (χ2v) is 6.81. The van der Waals surface area contributed by atoms with Gasteiger partial charge in [-0.05, 0) is 24.3 Å². The number of allylic oxidation sites excluding steroid dienone is 1. The van der Waals surface area contributed by atoms with Crippen molar-refractivity contribution in [3.8, 4) is 5.75 Å². The molecule has 1 aromatic heterocycles. The topological polar surface area (TPSA) is 69.0 Å². The summed E-state index contributed by atoms with van der Waals surface area (Å²) in [5.74, 6) is -1.05. The van der Waals surface area contributed by atoms with Gasteiger partial charge in [0.1, 0.15) is 12.4 Å². The third-order valence-corrected chi connectivity index (χ3v) is 4.72. The van der Waals surface area contributed by atoms with E-state index in [0.29, 0.717) is 23.3 Å². The number of anilines is 1. The van der Waals surface area contributed by atoms with Crippen molar-refractivity contribution in [2.45, 2.75) is 18.3 Å². The van der Waals surface area contributed by atoms with E-state index in [2.05, 4.69) is 22.1 Å². The van der Waals surface area contributed by atoms with Gasteiger partial charge in [-0.1, -0.05) is 36.0 Å². The Labute approximate surface area is 170 Å². The minimum Gasteiger partial charge on any atom is -0.486 e. The van der Waals surface area contributed by atoms with Gasteiger partial charge >= 0.3 is 0 Å². The molecule has 3 rings (SSSR count). The van der Waals surface area contributed by atoms with Crippen molar-refractivity contribution in [3.63, 3.8) is 0 Å². The Morgan fingerprint density at radius 2 is 1.97 bits per heavy atom. The molecule has 0 fully saturated rings. The molecule has 0 aliphatic rings. The molecule has 0 saturated carbocycles. The van der Waals surface area contributed by atoms with Crippen molar-refractivity contribution in [2.24, 2.45) is 0 Å². The van der Waals surface area contributed by atoms with E-state index in [4.69, 9.17) is 4.74 Å². The van der Waals surface area contributed by atoms with Crippen LogP contribution in [0.1, 0.15) is 5.82 Å². The summed E-state index contributed by atoms with van der Waals surface area (Å²) in [5.41, 5.74) is 0.180. The van der Waals surface area contributed by atoms with E-state index in [-0.39, 0.29) is 24.0 Å². The monoisotopic (exact) mass is 416 g/mol. The van der Waals surface area contributed by atoms with Gasteiger partial charge in [-0.15, -0.1) is 16.8 Å². The van der Waals surface area contributed by atoms with E-state index in [1.165, 1.54) is 17.8 Å². The van der Waals surface area contributed by atoms with Gasteiger partial charge in [0, 0.05) is 18.3 Å². The van der Waals surface area contributed by atoms with Crippen molar-refractivity contribution in [1.29, 1.82) is 0 Å². The van der Waals surface area contributed by atoms with E-state index in [1.54, 1.807) is 10.6 Å². The molecule has 0 aliphatic heterocycles. The molecule has 9 heteroatoms. The Kier molecular flexibility index (Phi) is 6.96. The number of thioether (sulfide) groups is 1. The molecule has 1 heterocycles. The summed E-state index contributed by atoms with van der Waals surface area (Å²) < 4.78 is 33.7. The lowest BCUT2D eigenvalue weighted by Crippen LogP contribution is -2.15. The normalized spacial score (nSPS) is 10.6. The Bertz CT molecular complexity index is 995. The third-order valence-electron chi connectivity index (χ3n) is 3.75. The number of para-hydroxylation sites is 1. The molecule has 1 amide bonds. The van der Waals surface area contributed by atoms with Gasteiger partial charge in [-0.3, -0.25) is 9.36 Å². The second kappa shape index (κ2) is 9.83. The van der Waals surface area contributed by atoms with Crippen LogP contribution in [0.25, 0.3) is 0 Å². The van der Waals surface area contributed by atoms with Crippen LogP contribution in [0.5, 0.6) is 5.75 Å². The Morgan fingerprint density at radius 1 is 1.17 bits per heavy atom. The molecule has 1 N–H and O–H groups in total. The number of halogens is 2. The van der Waals surface area contributed by atoms with Gasteiger partial charge in [0.25, 0.3) is 0 Å². The van der Waals surface area contributed by atoms with E-state index in [1.807, 2.05) is 30.3 Å². The molecule has 6 nitrogen and oxygen atoms in total. The van der Waals surface area contributed by atoms with Crippen molar-refractivity contribution in [1.82, 2.24) is 14.8 Å². The first-order chi connectivity index (χ1) is 14.1. The van der Waals surface area contributed by atoms with Crippen molar-refractivity contribution >= 4 is 23.4 Å². The highest BCUT2D eigenvalue weighted by molar-refractivity contribution is 7.99. The van der Waals surface area contributed by atoms with E-state index >= 15 is 0 Å². The maximum atomic E-state index is 13.2. The van der Waals surface area contributed by atoms with Gasteiger partial charge in [0.05, 0.1) is 5.75 Å². The SMILES string of the molecule is C=CCn1c(COc2ccccc2)nnc1SCC(=O)Nc1ccc(F)c(F)c1. The number of carbonyl (C=O) groups excluding carboxylic acids is 1. The van der Waals surface area contributed by atoms with Gasteiger partial charge in [0.2, 0.25) is 5.91 Å². The molecule has 2 aromatic carbocycles. The van der Waals surface area contributed by atoms with Crippen molar-refractivity contribution in [2.75, 3.05) is 11.1 Å². The number of nitrogens with zero attached hydrogens (tertiary/aromatic N) is 3. The number of benzene rings is 2. The lowest BCUT2D eigenvalue weighted by atomic mass is 10.3. The Hall–Kier alpha value is -3.20. The summed E-state index contributed by atoms with van der Waals surface area (Å²) in [6.45, 7) is 4.40. The van der Waals surface area contributed by atoms with Gasteiger partial charge < -0.3 is 10.1 Å². The van der Waals surface area contributed by atoms with Gasteiger partial charge in [-0.2, -0.15) is 0 Å². The number of amides is 1. The van der Waals surface area contributed by atoms with E-state index in [9.17, 15) is 13.6 Å². The maximum Gasteiger partial charge on any atom is 0.234 e. The molecule has 0 radical (unpaired) electrons. The Balaban J connectivity index is 1.60. The standard InChI is InChI=1S/C20H18F2N4O2S/c1-2-10-26-18(12-28-15-6-4-3-5-7-15)24-25-20(26)29-13-19(27)23-14-8-9-16(21)17(22)11-14/h2-9,11H,1,10,12-13H2,(H,23,27). The molecule has 150 valence electrons. The second-order valence-electron chi connectivity index (χ2n) is 5.87. The lowest BCUT2D eigenvalue weighted by Gasteiger charge is -2.09. The number of hydrogen-bond donors (Lipinski definition) is 1. The molecule has 0 bridgehead atoms. The van der Waals surface area contributed by atoms with Crippen LogP contribution in [0.4, 0.5) is 14.5 Å². The largest absolute Gasteiger partial charge is 0.486 e. The predicted molar refractivity (Wildman–Crippen MR) is 107 cm³/mol. The summed E-state index contributed by atoms with van der Waals surface area (Å²) >= 11 is 1.17. The molecular formula is C20H18F2N4O2S. The Morgan fingerprint density at radius 3 is 2.69 bits per heavy atom. The zero-order valence-corrected chi connectivity index (χ0v) is 16.2. The van der Waals surface area contributed by atoms with E-state index in [0.717, 1.165) is 12.1 Å². The highest BCUT2D eigenvalue weighted by Crippen LogP contribution is 2.20. The fourth-order valence-electron chi connectivity index (χ4n) is 2.41. The number of nitrogens with one attached hydrogen (secondary N) is 1. The fourth-order valence-corrected chi connectivity index (χ4v) is 3.18. The van der Waals surface area contributed by atoms with Crippen LogP contribution in [-0.2, 0) is 17.9 Å². The number of carbonyl (C=O) groups is 1. The minimum absolute atomic E-state index is 0.0216. The van der Waals surface area contributed by atoms with Crippen LogP contribution >= 0.6 is 11.8 Å². The molecule has 0 spiro atoms. The molecule has 29 heavy (non-hydrogen) atoms. The summed E-state index contributed by atoms with van der Waals surface area (Å²) in [6, 6.07) is 12.5. The van der Waals surface area contributed by atoms with Crippen LogP contribution < -0.4 is 10.1 Å². The highest BCUT2D eigenvalue weighted by atomic mass is 32.2. The molecular weight excluding hydrogens is 398 g/mol. The highest BCUT2D eigenvalue weighted by Gasteiger charge is 2.14. The summed E-state index contributed by atoms with van der Waals surface area (Å²) in [5, 5.41) is 11.3. The first kappa shape index (κ1) is 20.5. The average molecular weight is 416 g/mol. The molecule has 3 aromatic rings. The predicted octanol–water partition coefficient (Wildman–Crippen LogP) is 4.05. The van der Waals surface area contributed by atoms with Crippen LogP contribution in [-0.4, -0.2) is 26.4 Å². The van der Waals surface area contributed by atoms with E-state index < -0.39 is 11.6 Å². The zero-order chi connectivity index (χ0) is 20.6. The number of aromatic nitrogens is 3. The number of hydrogen-bond acceptors (Lipinski definition) is 5. The van der Waals surface area contributed by atoms with Crippen LogP contribution in [0.3, 0.4) is 0 Å². The number of ether oxygens (including phenoxy) is 1. The lowest BCUT2D eigenvalue weighted by molar-refractivity contribution is -0.113. The van der Waals surface area contributed by atoms with Gasteiger partial charge in [-0.25, -0.2) is 8.78 Å². The maximum absolute atomic E-state index is 13.2. The van der Waals surface area contributed by atoms with Crippen LogP contribution in [0, 0.1) is 11.6 Å². The zero-order valence-electron chi connectivity index (χ0n) is 15.3. The molecule has 0 unspecified atom stereocenters. The smallest absolute Gasteiger partial charge is 0.234 e. The molecule has 0 atom stereocenters. The first-order valence-electron chi connectivity index (χ1n) is 8.65. The summed E-state index contributed by atoms with van der Waals surface area (Å²) in [4.78, 5) is 12.1. The summed E-state index contributed by atoms with van der Waals surface area (Å²) in [6.07, 6.45) is 1.70. The van der Waals surface area contributed by atoms with Crippen LogP contribution in [0.2, 0.25) is 0 Å². The fraction of sp³-hybridized carbons (Fsp3) is 0.150. The minimum atomic E-state index is -1.02. The van der Waals surface area contributed by atoms with Crippen molar-refractivity contribution in [3.05, 3.63) is 78.6 Å². The molecule has 0 saturated heterocycles. The van der Waals surface area contributed by atoms with Crippen molar-refractivity contribution < 1.29 is 18.3 Å². The third kappa shape index (κ3) is 5.64. The molecule has 0 aliphatic carbocycles.